The van der Waals surface area contributed by atoms with Gasteiger partial charge in [0.1, 0.15) is 6.04 Å². The van der Waals surface area contributed by atoms with E-state index in [-0.39, 0.29) is 6.42 Å². The highest BCUT2D eigenvalue weighted by Crippen LogP contribution is 2.19. The van der Waals surface area contributed by atoms with Crippen LogP contribution in [0.5, 0.6) is 0 Å². The van der Waals surface area contributed by atoms with Crippen molar-refractivity contribution in [1.29, 1.82) is 0 Å². The summed E-state index contributed by atoms with van der Waals surface area (Å²) in [5.74, 6) is -1.20. The molecule has 5 heteroatoms. The number of para-hydroxylation sites is 1. The molecule has 84 valence electrons. The molecule has 16 heavy (non-hydrogen) atoms. The molecular weight excluding hydrogens is 211 g/mol. The van der Waals surface area contributed by atoms with E-state index in [9.17, 15) is 9.28 Å². The molecule has 0 aliphatic heterocycles. The first-order chi connectivity index (χ1) is 7.72. The normalized spacial score (nSPS) is 12.8. The van der Waals surface area contributed by atoms with Crippen LogP contribution in [0, 0.1) is 0 Å². The number of hydrogen-bond donors (Lipinski definition) is 3. The summed E-state index contributed by atoms with van der Waals surface area (Å²) in [4.78, 5) is 13.7. The van der Waals surface area contributed by atoms with Crippen molar-refractivity contribution in [1.82, 2.24) is 10.5 Å². The van der Waals surface area contributed by atoms with Gasteiger partial charge in [0.15, 0.2) is 0 Å². The number of carboxylic acids is 1. The summed E-state index contributed by atoms with van der Waals surface area (Å²) >= 11 is 0. The zero-order valence-electron chi connectivity index (χ0n) is 8.40. The Hall–Kier alpha value is -1.88. The van der Waals surface area contributed by atoms with Crippen LogP contribution in [-0.4, -0.2) is 22.1 Å². The molecule has 1 aromatic carbocycles. The fraction of sp³-hybridized carbons (Fsp3) is 0.182. The summed E-state index contributed by atoms with van der Waals surface area (Å²) in [6.07, 6.45) is 1.81. The number of aliphatic carboxylic acids is 1. The summed E-state index contributed by atoms with van der Waals surface area (Å²) in [7, 11) is 0. The van der Waals surface area contributed by atoms with Gasteiger partial charge in [0.05, 0.1) is 0 Å². The van der Waals surface area contributed by atoms with Gasteiger partial charge in [-0.05, 0) is 11.6 Å². The van der Waals surface area contributed by atoms with Crippen molar-refractivity contribution in [3.63, 3.8) is 0 Å². The quantitative estimate of drug-likeness (QED) is 0.689. The molecule has 0 saturated heterocycles. The number of fused-ring (bicyclic) bond motifs is 1. The van der Waals surface area contributed by atoms with Crippen LogP contribution in [0.1, 0.15) is 5.56 Å². The molecular formula is C11H11FN2O2. The zero-order chi connectivity index (χ0) is 11.5. The number of aromatic amines is 1. The number of carbonyl (C=O) groups is 1. The molecule has 1 atom stereocenters. The summed E-state index contributed by atoms with van der Waals surface area (Å²) in [5.41, 5.74) is 2.99. The molecule has 2 aromatic rings. The van der Waals surface area contributed by atoms with Gasteiger partial charge in [-0.1, -0.05) is 18.2 Å². The first-order valence-corrected chi connectivity index (χ1v) is 4.86. The Balaban J connectivity index is 2.30. The van der Waals surface area contributed by atoms with Gasteiger partial charge in [0.2, 0.25) is 0 Å². The summed E-state index contributed by atoms with van der Waals surface area (Å²) < 4.78 is 12.3. The van der Waals surface area contributed by atoms with Gasteiger partial charge >= 0.3 is 5.97 Å². The lowest BCUT2D eigenvalue weighted by Gasteiger charge is -2.07. The molecule has 0 saturated carbocycles. The minimum Gasteiger partial charge on any atom is -0.480 e. The van der Waals surface area contributed by atoms with Gasteiger partial charge in [-0.3, -0.25) is 4.79 Å². The van der Waals surface area contributed by atoms with E-state index >= 15 is 0 Å². The van der Waals surface area contributed by atoms with E-state index < -0.39 is 12.0 Å². The molecule has 1 heterocycles. The smallest absolute Gasteiger partial charge is 0.323 e. The van der Waals surface area contributed by atoms with Crippen molar-refractivity contribution >= 4 is 16.9 Å². The highest BCUT2D eigenvalue weighted by atomic mass is 19.2. The number of nitrogens with one attached hydrogen (secondary N) is 2. The second-order valence-electron chi connectivity index (χ2n) is 3.56. The largest absolute Gasteiger partial charge is 0.480 e. The van der Waals surface area contributed by atoms with Crippen molar-refractivity contribution in [3.05, 3.63) is 36.0 Å². The maximum atomic E-state index is 12.3. The first kappa shape index (κ1) is 10.6. The monoisotopic (exact) mass is 222 g/mol. The number of benzene rings is 1. The number of aromatic nitrogens is 1. The molecule has 1 aromatic heterocycles. The third kappa shape index (κ3) is 1.90. The van der Waals surface area contributed by atoms with Crippen molar-refractivity contribution in [2.45, 2.75) is 12.5 Å². The van der Waals surface area contributed by atoms with Crippen LogP contribution in [-0.2, 0) is 11.2 Å². The maximum absolute atomic E-state index is 12.3. The van der Waals surface area contributed by atoms with Gasteiger partial charge < -0.3 is 10.1 Å². The van der Waals surface area contributed by atoms with Crippen LogP contribution < -0.4 is 5.54 Å². The molecule has 2 rings (SSSR count). The molecule has 4 nitrogen and oxygen atoms in total. The van der Waals surface area contributed by atoms with Gasteiger partial charge in [0, 0.05) is 23.5 Å². The lowest BCUT2D eigenvalue weighted by Crippen LogP contribution is -2.33. The SMILES string of the molecule is O=C(O)[C@@H](Cc1c[nH]c2ccccc12)NF. The molecule has 0 radical (unpaired) electrons. The van der Waals surface area contributed by atoms with Gasteiger partial charge in [-0.2, -0.15) is 0 Å². The Morgan fingerprint density at radius 3 is 2.94 bits per heavy atom. The fourth-order valence-electron chi connectivity index (χ4n) is 1.69. The van der Waals surface area contributed by atoms with Crippen LogP contribution >= 0.6 is 0 Å². The Morgan fingerprint density at radius 1 is 1.50 bits per heavy atom. The van der Waals surface area contributed by atoms with Gasteiger partial charge in [-0.25, -0.2) is 0 Å². The molecule has 0 aliphatic carbocycles. The first-order valence-electron chi connectivity index (χ1n) is 4.86. The van der Waals surface area contributed by atoms with Crippen molar-refractivity contribution in [2.24, 2.45) is 0 Å². The highest BCUT2D eigenvalue weighted by molar-refractivity contribution is 5.84. The molecule has 0 aliphatic rings. The Morgan fingerprint density at radius 2 is 2.25 bits per heavy atom. The van der Waals surface area contributed by atoms with Crippen LogP contribution in [0.3, 0.4) is 0 Å². The fourth-order valence-corrected chi connectivity index (χ4v) is 1.69. The number of carboxylic acid groups (broad SMARTS) is 1. The predicted molar refractivity (Wildman–Crippen MR) is 57.7 cm³/mol. The van der Waals surface area contributed by atoms with Gasteiger partial charge in [-0.15, -0.1) is 10.0 Å². The van der Waals surface area contributed by atoms with E-state index in [0.717, 1.165) is 16.5 Å². The predicted octanol–water partition coefficient (Wildman–Crippen LogP) is 1.64. The van der Waals surface area contributed by atoms with Gasteiger partial charge in [0.25, 0.3) is 0 Å². The second-order valence-corrected chi connectivity index (χ2v) is 3.56. The van der Waals surface area contributed by atoms with Crippen molar-refractivity contribution < 1.29 is 14.4 Å². The maximum Gasteiger partial charge on any atom is 0.323 e. The Kier molecular flexibility index (Phi) is 2.87. The molecule has 3 N–H and O–H groups in total. The van der Waals surface area contributed by atoms with Crippen LogP contribution in [0.15, 0.2) is 30.5 Å². The van der Waals surface area contributed by atoms with Crippen LogP contribution in [0.25, 0.3) is 10.9 Å². The molecule has 0 bridgehead atoms. The lowest BCUT2D eigenvalue weighted by molar-refractivity contribution is -0.140. The summed E-state index contributed by atoms with van der Waals surface area (Å²) in [5, 5.41) is 9.65. The summed E-state index contributed by atoms with van der Waals surface area (Å²) in [6, 6.07) is 6.29. The van der Waals surface area contributed by atoms with E-state index in [2.05, 4.69) is 4.98 Å². The standard InChI is InChI=1S/C11H11FN2O2/c12-14-10(11(15)16)5-7-6-13-9-4-2-1-3-8(7)9/h1-4,6,10,13-14H,5H2,(H,15,16)/t10-/m1/s1. The highest BCUT2D eigenvalue weighted by Gasteiger charge is 2.18. The van der Waals surface area contributed by atoms with Crippen LogP contribution in [0.4, 0.5) is 4.48 Å². The zero-order valence-corrected chi connectivity index (χ0v) is 8.40. The van der Waals surface area contributed by atoms with Crippen LogP contribution in [0.2, 0.25) is 0 Å². The van der Waals surface area contributed by atoms with Crippen molar-refractivity contribution in [2.75, 3.05) is 0 Å². The third-order valence-corrected chi connectivity index (χ3v) is 2.53. The van der Waals surface area contributed by atoms with Crippen molar-refractivity contribution in [3.8, 4) is 0 Å². The molecule has 0 spiro atoms. The molecule has 0 fully saturated rings. The number of hydrogen-bond acceptors (Lipinski definition) is 2. The lowest BCUT2D eigenvalue weighted by atomic mass is 10.1. The number of halogens is 1. The van der Waals surface area contributed by atoms with E-state index in [4.69, 9.17) is 5.11 Å². The Bertz CT molecular complexity index is 509. The topological polar surface area (TPSA) is 65.1 Å². The molecule has 0 unspecified atom stereocenters. The second kappa shape index (κ2) is 4.32. The minimum atomic E-state index is -1.21. The summed E-state index contributed by atoms with van der Waals surface area (Å²) in [6.45, 7) is 0. The number of rotatable bonds is 4. The Labute approximate surface area is 91.0 Å². The average Bonchev–Trinajstić information content (AvgIpc) is 2.69. The van der Waals surface area contributed by atoms with E-state index in [0.29, 0.717) is 0 Å². The van der Waals surface area contributed by atoms with E-state index in [1.54, 1.807) is 6.20 Å². The minimum absolute atomic E-state index is 0.107. The van der Waals surface area contributed by atoms with E-state index in [1.807, 2.05) is 24.3 Å². The van der Waals surface area contributed by atoms with E-state index in [1.165, 1.54) is 5.54 Å². The average molecular weight is 222 g/mol. The third-order valence-electron chi connectivity index (χ3n) is 2.53. The molecule has 0 amide bonds. The number of H-pyrrole nitrogens is 1.